The molecular weight excluding hydrogens is 304 g/mol. The number of aryl methyl sites for hydroxylation is 1. The van der Waals surface area contributed by atoms with Crippen LogP contribution in [-0.4, -0.2) is 41.0 Å². The average Bonchev–Trinajstić information content (AvgIpc) is 2.54. The van der Waals surface area contributed by atoms with Crippen LogP contribution in [0.5, 0.6) is 5.75 Å². The molecule has 132 valence electrons. The first-order valence-electron chi connectivity index (χ1n) is 8.69. The highest BCUT2D eigenvalue weighted by Gasteiger charge is 2.29. The first-order valence-corrected chi connectivity index (χ1v) is 8.69. The Morgan fingerprint density at radius 3 is 2.38 bits per heavy atom. The molecule has 1 aliphatic rings. The minimum atomic E-state index is -0.165. The third kappa shape index (κ3) is 4.28. The van der Waals surface area contributed by atoms with E-state index in [2.05, 4.69) is 19.2 Å². The Kier molecular flexibility index (Phi) is 5.86. The molecule has 0 saturated carbocycles. The summed E-state index contributed by atoms with van der Waals surface area (Å²) in [5, 5.41) is 13.0. The number of likely N-dealkylation sites (tertiary alicyclic amines) is 1. The zero-order chi connectivity index (χ0) is 17.9. The van der Waals surface area contributed by atoms with Gasteiger partial charge in [-0.25, -0.2) is 0 Å². The zero-order valence-corrected chi connectivity index (χ0v) is 15.0. The molecule has 1 aromatic rings. The van der Waals surface area contributed by atoms with Crippen molar-refractivity contribution in [2.75, 3.05) is 13.1 Å². The minimum Gasteiger partial charge on any atom is -0.507 e. The number of carbonyl (C=O) groups excluding carboxylic acids is 2. The quantitative estimate of drug-likeness (QED) is 0.891. The van der Waals surface area contributed by atoms with E-state index in [4.69, 9.17) is 0 Å². The van der Waals surface area contributed by atoms with Gasteiger partial charge in [0, 0.05) is 25.0 Å². The molecule has 1 atom stereocenters. The molecule has 2 N–H and O–H groups in total. The molecule has 0 unspecified atom stereocenters. The third-order valence-corrected chi connectivity index (χ3v) is 4.91. The van der Waals surface area contributed by atoms with Gasteiger partial charge in [0.25, 0.3) is 5.91 Å². The van der Waals surface area contributed by atoms with Crippen LogP contribution in [0.15, 0.2) is 18.2 Å². The van der Waals surface area contributed by atoms with Crippen molar-refractivity contribution in [3.63, 3.8) is 0 Å². The number of aromatic hydroxyl groups is 1. The average molecular weight is 332 g/mol. The van der Waals surface area contributed by atoms with Crippen LogP contribution >= 0.6 is 0 Å². The number of hydrogen-bond donors (Lipinski definition) is 2. The van der Waals surface area contributed by atoms with E-state index in [1.807, 2.05) is 19.9 Å². The second kappa shape index (κ2) is 7.69. The maximum absolute atomic E-state index is 12.5. The highest BCUT2D eigenvalue weighted by Crippen LogP contribution is 2.24. The number of benzene rings is 1. The predicted octanol–water partition coefficient (Wildman–Crippen LogP) is 2.71. The van der Waals surface area contributed by atoms with E-state index in [9.17, 15) is 14.7 Å². The van der Waals surface area contributed by atoms with Gasteiger partial charge in [-0.2, -0.15) is 0 Å². The van der Waals surface area contributed by atoms with Crippen LogP contribution in [0.1, 0.15) is 49.5 Å². The molecule has 0 aromatic heterocycles. The smallest absolute Gasteiger partial charge is 0.257 e. The molecule has 2 rings (SSSR count). The molecule has 5 nitrogen and oxygen atoms in total. The van der Waals surface area contributed by atoms with E-state index in [0.717, 1.165) is 5.56 Å². The van der Waals surface area contributed by atoms with Gasteiger partial charge in [0.05, 0.1) is 5.56 Å². The molecule has 0 aliphatic carbocycles. The molecule has 0 spiro atoms. The molecule has 1 aliphatic heterocycles. The van der Waals surface area contributed by atoms with Crippen LogP contribution in [0.3, 0.4) is 0 Å². The fourth-order valence-corrected chi connectivity index (χ4v) is 2.85. The Morgan fingerprint density at radius 2 is 1.83 bits per heavy atom. The largest absolute Gasteiger partial charge is 0.507 e. The second-order valence-corrected chi connectivity index (χ2v) is 7.13. The van der Waals surface area contributed by atoms with Gasteiger partial charge < -0.3 is 15.3 Å². The number of phenolic OH excluding ortho intramolecular Hbond substituents is 1. The van der Waals surface area contributed by atoms with Gasteiger partial charge >= 0.3 is 0 Å². The number of piperidine rings is 1. The summed E-state index contributed by atoms with van der Waals surface area (Å²) < 4.78 is 0. The first-order chi connectivity index (χ1) is 11.3. The van der Waals surface area contributed by atoms with Gasteiger partial charge in [-0.15, -0.1) is 0 Å². The van der Waals surface area contributed by atoms with Crippen LogP contribution in [0.25, 0.3) is 0 Å². The van der Waals surface area contributed by atoms with Gasteiger partial charge in [-0.1, -0.05) is 19.9 Å². The maximum atomic E-state index is 12.5. The molecule has 1 aromatic carbocycles. The summed E-state index contributed by atoms with van der Waals surface area (Å²) >= 11 is 0. The number of amides is 2. The van der Waals surface area contributed by atoms with E-state index in [1.54, 1.807) is 17.0 Å². The lowest BCUT2D eigenvalue weighted by Crippen LogP contribution is -2.45. The van der Waals surface area contributed by atoms with Gasteiger partial charge in [0.1, 0.15) is 5.75 Å². The normalized spacial score (nSPS) is 17.0. The summed E-state index contributed by atoms with van der Waals surface area (Å²) in [7, 11) is 0. The number of nitrogens with zero attached hydrogens (tertiary/aromatic N) is 1. The van der Waals surface area contributed by atoms with Crippen molar-refractivity contribution in [2.24, 2.45) is 11.8 Å². The topological polar surface area (TPSA) is 69.6 Å². The van der Waals surface area contributed by atoms with Gasteiger partial charge in [-0.3, -0.25) is 9.59 Å². The Labute approximate surface area is 144 Å². The summed E-state index contributed by atoms with van der Waals surface area (Å²) in [5.74, 6) is 0.302. The highest BCUT2D eigenvalue weighted by atomic mass is 16.3. The van der Waals surface area contributed by atoms with Crippen molar-refractivity contribution in [2.45, 2.75) is 46.6 Å². The van der Waals surface area contributed by atoms with Gasteiger partial charge in [0.15, 0.2) is 0 Å². The Balaban J connectivity index is 1.92. The molecule has 2 amide bonds. The molecule has 24 heavy (non-hydrogen) atoms. The van der Waals surface area contributed by atoms with E-state index in [-0.39, 0.29) is 29.5 Å². The monoisotopic (exact) mass is 332 g/mol. The van der Waals surface area contributed by atoms with E-state index in [0.29, 0.717) is 37.4 Å². The summed E-state index contributed by atoms with van der Waals surface area (Å²) in [6, 6.07) is 5.23. The Morgan fingerprint density at radius 1 is 1.21 bits per heavy atom. The van der Waals surface area contributed by atoms with Crippen molar-refractivity contribution >= 4 is 11.8 Å². The fourth-order valence-electron chi connectivity index (χ4n) is 2.85. The Bertz CT molecular complexity index is 605. The van der Waals surface area contributed by atoms with E-state index < -0.39 is 0 Å². The molecule has 0 bridgehead atoms. The van der Waals surface area contributed by atoms with Crippen molar-refractivity contribution in [1.82, 2.24) is 10.2 Å². The lowest BCUT2D eigenvalue weighted by Gasteiger charge is -2.32. The zero-order valence-electron chi connectivity index (χ0n) is 15.0. The molecular formula is C19H28N2O3. The molecule has 5 heteroatoms. The second-order valence-electron chi connectivity index (χ2n) is 7.13. The number of phenols is 1. The van der Waals surface area contributed by atoms with Crippen molar-refractivity contribution in [1.29, 1.82) is 0 Å². The van der Waals surface area contributed by atoms with E-state index >= 15 is 0 Å². The lowest BCUT2D eigenvalue weighted by molar-refractivity contribution is -0.127. The van der Waals surface area contributed by atoms with Crippen LogP contribution in [0.2, 0.25) is 0 Å². The molecule has 1 fully saturated rings. The van der Waals surface area contributed by atoms with Crippen LogP contribution in [-0.2, 0) is 4.79 Å². The minimum absolute atomic E-state index is 0.0191. The van der Waals surface area contributed by atoms with Crippen molar-refractivity contribution in [3.05, 3.63) is 29.3 Å². The molecule has 0 radical (unpaired) electrons. The molecule has 1 heterocycles. The van der Waals surface area contributed by atoms with Crippen LogP contribution in [0, 0.1) is 18.8 Å². The van der Waals surface area contributed by atoms with Crippen LogP contribution in [0.4, 0.5) is 0 Å². The number of nitrogens with one attached hydrogen (secondary N) is 1. The lowest BCUT2D eigenvalue weighted by atomic mass is 9.94. The summed E-state index contributed by atoms with van der Waals surface area (Å²) in [4.78, 5) is 26.6. The first kappa shape index (κ1) is 18.3. The number of rotatable bonds is 4. The van der Waals surface area contributed by atoms with E-state index in [1.165, 1.54) is 0 Å². The third-order valence-electron chi connectivity index (χ3n) is 4.91. The maximum Gasteiger partial charge on any atom is 0.257 e. The number of carbonyl (C=O) groups is 2. The van der Waals surface area contributed by atoms with Crippen LogP contribution < -0.4 is 5.32 Å². The van der Waals surface area contributed by atoms with Crippen molar-refractivity contribution < 1.29 is 14.7 Å². The Hall–Kier alpha value is -2.04. The van der Waals surface area contributed by atoms with Crippen molar-refractivity contribution in [3.8, 4) is 5.75 Å². The van der Waals surface area contributed by atoms with Gasteiger partial charge in [0.2, 0.25) is 5.91 Å². The SMILES string of the molecule is Cc1ccc(C(=O)N2CCC(C(=O)N[C@H](C)C(C)C)CC2)c(O)c1. The summed E-state index contributed by atoms with van der Waals surface area (Å²) in [5.41, 5.74) is 1.25. The van der Waals surface area contributed by atoms with Gasteiger partial charge in [-0.05, 0) is 50.3 Å². The summed E-state index contributed by atoms with van der Waals surface area (Å²) in [6.07, 6.45) is 1.32. The number of hydrogen-bond acceptors (Lipinski definition) is 3. The summed E-state index contributed by atoms with van der Waals surface area (Å²) in [6.45, 7) is 9.14. The standard InChI is InChI=1S/C19H28N2O3/c1-12(2)14(4)20-18(23)15-7-9-21(10-8-15)19(24)16-6-5-13(3)11-17(16)22/h5-6,11-12,14-15,22H,7-10H2,1-4H3,(H,20,23)/t14-/m1/s1. The fraction of sp³-hybridized carbons (Fsp3) is 0.579. The molecule has 1 saturated heterocycles. The predicted molar refractivity (Wildman–Crippen MR) is 93.9 cm³/mol. The highest BCUT2D eigenvalue weighted by molar-refractivity contribution is 5.97.